The van der Waals surface area contributed by atoms with Gasteiger partial charge in [-0.3, -0.25) is 4.79 Å². The molecule has 12 heavy (non-hydrogen) atoms. The molecule has 2 heteroatoms. The van der Waals surface area contributed by atoms with Gasteiger partial charge >= 0.3 is 0 Å². The van der Waals surface area contributed by atoms with Crippen LogP contribution in [0.3, 0.4) is 0 Å². The van der Waals surface area contributed by atoms with Gasteiger partial charge in [-0.1, -0.05) is 6.92 Å². The zero-order valence-corrected chi connectivity index (χ0v) is 7.97. The van der Waals surface area contributed by atoms with Crippen molar-refractivity contribution in [2.45, 2.75) is 27.7 Å². The van der Waals surface area contributed by atoms with Crippen LogP contribution in [0, 0.1) is 5.92 Å². The Balaban J connectivity index is 3.01. The highest BCUT2D eigenvalue weighted by atomic mass is 16.5. The van der Waals surface area contributed by atoms with Gasteiger partial charge in [-0.15, -0.1) is 0 Å². The summed E-state index contributed by atoms with van der Waals surface area (Å²) in [5.74, 6) is 1.88. The van der Waals surface area contributed by atoms with Crippen molar-refractivity contribution in [2.75, 3.05) is 0 Å². The van der Waals surface area contributed by atoms with Gasteiger partial charge in [-0.25, -0.2) is 0 Å². The molecule has 0 fully saturated rings. The van der Waals surface area contributed by atoms with Crippen molar-refractivity contribution in [3.05, 3.63) is 23.2 Å². The van der Waals surface area contributed by atoms with Crippen LogP contribution >= 0.6 is 0 Å². The van der Waals surface area contributed by atoms with E-state index in [-0.39, 0.29) is 11.7 Å². The first-order valence-corrected chi connectivity index (χ1v) is 4.13. The molecule has 0 saturated heterocycles. The van der Waals surface area contributed by atoms with Gasteiger partial charge in [0.25, 0.3) is 0 Å². The van der Waals surface area contributed by atoms with E-state index < -0.39 is 0 Å². The molecule has 2 nitrogen and oxygen atoms in total. The number of Topliss-reactive ketones (excluding diaryl/α,β-unsaturated/α-hetero) is 1. The number of carbonyl (C=O) groups excluding carboxylic acids is 1. The number of hydrogen-bond acceptors (Lipinski definition) is 2. The second-order valence-corrected chi connectivity index (χ2v) is 3.04. The molecule has 0 aromatic carbocycles. The number of hydrogen-bond donors (Lipinski definition) is 0. The molecule has 66 valence electrons. The molecule has 0 saturated carbocycles. The summed E-state index contributed by atoms with van der Waals surface area (Å²) in [5, 5.41) is 0. The summed E-state index contributed by atoms with van der Waals surface area (Å²) in [7, 11) is 0. The van der Waals surface area contributed by atoms with Crippen molar-refractivity contribution < 1.29 is 9.53 Å². The third-order valence-corrected chi connectivity index (χ3v) is 2.17. The first-order valence-electron chi connectivity index (χ1n) is 4.13. The summed E-state index contributed by atoms with van der Waals surface area (Å²) in [6.45, 7) is 7.33. The third kappa shape index (κ3) is 1.29. The minimum absolute atomic E-state index is 0.108. The van der Waals surface area contributed by atoms with Gasteiger partial charge < -0.3 is 4.74 Å². The van der Waals surface area contributed by atoms with E-state index in [2.05, 4.69) is 0 Å². The van der Waals surface area contributed by atoms with E-state index >= 15 is 0 Å². The predicted molar refractivity (Wildman–Crippen MR) is 47.4 cm³/mol. The fraction of sp³-hybridized carbons (Fsp3) is 0.500. The summed E-state index contributed by atoms with van der Waals surface area (Å²) in [6, 6.07) is 0. The Morgan fingerprint density at radius 2 is 2.17 bits per heavy atom. The number of carbonyl (C=O) groups is 1. The minimum Gasteiger partial charge on any atom is -0.466 e. The maximum absolute atomic E-state index is 11.2. The quantitative estimate of drug-likeness (QED) is 0.598. The number of ether oxygens (including phenoxy) is 1. The monoisotopic (exact) mass is 166 g/mol. The molecular formula is C10H14O2. The van der Waals surface area contributed by atoms with Gasteiger partial charge in [0.15, 0.2) is 5.78 Å². The molecule has 0 N–H and O–H groups in total. The lowest BCUT2D eigenvalue weighted by atomic mass is 9.97. The van der Waals surface area contributed by atoms with Crippen LogP contribution in [-0.2, 0) is 9.53 Å². The lowest BCUT2D eigenvalue weighted by molar-refractivity contribution is -0.113. The standard InChI is InChI=1S/C10H14O2/c1-5-9-6(2)10(7(3)11)8(4)12-9/h5-6H,1-4H3/b9-5+. The molecule has 1 unspecified atom stereocenters. The molecule has 0 aromatic rings. The average molecular weight is 166 g/mol. The van der Waals surface area contributed by atoms with E-state index in [0.717, 1.165) is 17.1 Å². The van der Waals surface area contributed by atoms with Crippen molar-refractivity contribution in [1.29, 1.82) is 0 Å². The second kappa shape index (κ2) is 3.13. The maximum Gasteiger partial charge on any atom is 0.159 e. The third-order valence-electron chi connectivity index (χ3n) is 2.17. The molecule has 1 atom stereocenters. The van der Waals surface area contributed by atoms with E-state index in [9.17, 15) is 4.79 Å². The maximum atomic E-state index is 11.2. The highest BCUT2D eigenvalue weighted by Gasteiger charge is 2.28. The van der Waals surface area contributed by atoms with Crippen molar-refractivity contribution in [1.82, 2.24) is 0 Å². The first-order chi connectivity index (χ1) is 5.57. The van der Waals surface area contributed by atoms with E-state index in [4.69, 9.17) is 4.74 Å². The lowest BCUT2D eigenvalue weighted by Gasteiger charge is -2.04. The van der Waals surface area contributed by atoms with Gasteiger partial charge in [0, 0.05) is 11.5 Å². The molecule has 1 rings (SSSR count). The van der Waals surface area contributed by atoms with Crippen molar-refractivity contribution in [3.63, 3.8) is 0 Å². The molecule has 0 amide bonds. The van der Waals surface area contributed by atoms with E-state index in [1.165, 1.54) is 0 Å². The smallest absolute Gasteiger partial charge is 0.159 e. The van der Waals surface area contributed by atoms with Crippen LogP contribution in [0.15, 0.2) is 23.2 Å². The molecule has 0 aromatic heterocycles. The Kier molecular flexibility index (Phi) is 2.36. The molecule has 0 radical (unpaired) electrons. The molecular weight excluding hydrogens is 152 g/mol. The van der Waals surface area contributed by atoms with E-state index in [1.807, 2.05) is 26.8 Å². The summed E-state index contributed by atoms with van der Waals surface area (Å²) in [4.78, 5) is 11.2. The van der Waals surface area contributed by atoms with Crippen LogP contribution in [0.2, 0.25) is 0 Å². The van der Waals surface area contributed by atoms with Crippen molar-refractivity contribution in [3.8, 4) is 0 Å². The van der Waals surface area contributed by atoms with Gasteiger partial charge in [0.05, 0.1) is 0 Å². The minimum atomic E-state index is 0.108. The summed E-state index contributed by atoms with van der Waals surface area (Å²) in [6.07, 6.45) is 1.91. The Bertz CT molecular complexity index is 272. The Morgan fingerprint density at radius 3 is 2.42 bits per heavy atom. The van der Waals surface area contributed by atoms with Crippen LogP contribution in [0.25, 0.3) is 0 Å². The Labute approximate surface area is 72.9 Å². The summed E-state index contributed by atoms with van der Waals surface area (Å²) >= 11 is 0. The largest absolute Gasteiger partial charge is 0.466 e. The fourth-order valence-corrected chi connectivity index (χ4v) is 1.63. The van der Waals surface area contributed by atoms with Crippen LogP contribution in [0.1, 0.15) is 27.7 Å². The number of ketones is 1. The highest BCUT2D eigenvalue weighted by molar-refractivity contribution is 5.95. The fourth-order valence-electron chi connectivity index (χ4n) is 1.63. The number of rotatable bonds is 1. The van der Waals surface area contributed by atoms with Crippen LogP contribution in [0.4, 0.5) is 0 Å². The Hall–Kier alpha value is -1.05. The zero-order valence-electron chi connectivity index (χ0n) is 7.97. The van der Waals surface area contributed by atoms with Crippen LogP contribution < -0.4 is 0 Å². The molecule has 0 bridgehead atoms. The average Bonchev–Trinajstić information content (AvgIpc) is 2.25. The normalized spacial score (nSPS) is 26.3. The number of allylic oxidation sites excluding steroid dienone is 3. The van der Waals surface area contributed by atoms with Gasteiger partial charge in [-0.2, -0.15) is 0 Å². The van der Waals surface area contributed by atoms with Gasteiger partial charge in [-0.05, 0) is 26.8 Å². The molecule has 1 aliphatic heterocycles. The Morgan fingerprint density at radius 1 is 1.58 bits per heavy atom. The SMILES string of the molecule is C/C=C1/OC(C)=C(C(C)=O)C1C. The van der Waals surface area contributed by atoms with Gasteiger partial charge in [0.2, 0.25) is 0 Å². The van der Waals surface area contributed by atoms with E-state index in [0.29, 0.717) is 0 Å². The topological polar surface area (TPSA) is 26.3 Å². The predicted octanol–water partition coefficient (Wildman–Crippen LogP) is 2.42. The first kappa shape index (κ1) is 9.04. The molecule has 0 spiro atoms. The zero-order chi connectivity index (χ0) is 9.30. The van der Waals surface area contributed by atoms with Crippen molar-refractivity contribution in [2.24, 2.45) is 5.92 Å². The molecule has 1 aliphatic rings. The van der Waals surface area contributed by atoms with Crippen LogP contribution in [-0.4, -0.2) is 5.78 Å². The van der Waals surface area contributed by atoms with Crippen LogP contribution in [0.5, 0.6) is 0 Å². The van der Waals surface area contributed by atoms with Gasteiger partial charge in [0.1, 0.15) is 11.5 Å². The molecule has 1 heterocycles. The van der Waals surface area contributed by atoms with E-state index in [1.54, 1.807) is 6.92 Å². The second-order valence-electron chi connectivity index (χ2n) is 3.04. The highest BCUT2D eigenvalue weighted by Crippen LogP contribution is 2.33. The summed E-state index contributed by atoms with van der Waals surface area (Å²) in [5.41, 5.74) is 0.808. The molecule has 0 aliphatic carbocycles. The lowest BCUT2D eigenvalue weighted by Crippen LogP contribution is -2.04. The van der Waals surface area contributed by atoms with Crippen molar-refractivity contribution >= 4 is 5.78 Å². The summed E-state index contributed by atoms with van der Waals surface area (Å²) < 4.78 is 5.42.